The Morgan fingerprint density at radius 2 is 1.75 bits per heavy atom. The van der Waals surface area contributed by atoms with Crippen LogP contribution in [0.2, 0.25) is 0 Å². The Bertz CT molecular complexity index is 786. The summed E-state index contributed by atoms with van der Waals surface area (Å²) in [5.41, 5.74) is 1.79. The van der Waals surface area contributed by atoms with Gasteiger partial charge in [0, 0.05) is 13.2 Å². The van der Waals surface area contributed by atoms with E-state index in [0.717, 1.165) is 11.1 Å². The molecule has 0 spiro atoms. The number of hydrogen-bond acceptors (Lipinski definition) is 4. The molecule has 0 saturated carbocycles. The third kappa shape index (κ3) is 5.29. The number of nitrogens with zero attached hydrogens (tertiary/aromatic N) is 1. The number of benzene rings is 1. The SMILES string of the molecule is CC(NC(=O)C(O)C(C)C)C(=O)NC1C=CC(c2ccccc2)=CN(C)C1=O. The van der Waals surface area contributed by atoms with Gasteiger partial charge in [-0.25, -0.2) is 0 Å². The molecular formula is C21H27N3O4. The summed E-state index contributed by atoms with van der Waals surface area (Å²) in [7, 11) is 1.63. The largest absolute Gasteiger partial charge is 0.383 e. The molecule has 2 rings (SSSR count). The van der Waals surface area contributed by atoms with Gasteiger partial charge in [0.15, 0.2) is 0 Å². The summed E-state index contributed by atoms with van der Waals surface area (Å²) in [4.78, 5) is 38.4. The van der Waals surface area contributed by atoms with Gasteiger partial charge in [-0.1, -0.05) is 56.3 Å². The zero-order chi connectivity index (χ0) is 20.8. The summed E-state index contributed by atoms with van der Waals surface area (Å²) in [5, 5.41) is 14.9. The van der Waals surface area contributed by atoms with Gasteiger partial charge in [-0.15, -0.1) is 0 Å². The monoisotopic (exact) mass is 385 g/mol. The third-order valence-corrected chi connectivity index (χ3v) is 4.47. The van der Waals surface area contributed by atoms with E-state index in [1.165, 1.54) is 11.8 Å². The summed E-state index contributed by atoms with van der Waals surface area (Å²) in [6, 6.07) is 7.85. The van der Waals surface area contributed by atoms with Crippen LogP contribution >= 0.6 is 0 Å². The summed E-state index contributed by atoms with van der Waals surface area (Å²) in [6.07, 6.45) is 3.93. The van der Waals surface area contributed by atoms with Crippen LogP contribution in [0, 0.1) is 5.92 Å². The second kappa shape index (κ2) is 9.32. The molecule has 0 bridgehead atoms. The number of amides is 3. The average molecular weight is 385 g/mol. The van der Waals surface area contributed by atoms with Gasteiger partial charge < -0.3 is 20.6 Å². The van der Waals surface area contributed by atoms with E-state index in [1.807, 2.05) is 30.3 Å². The highest BCUT2D eigenvalue weighted by atomic mass is 16.3. The molecule has 3 unspecified atom stereocenters. The Balaban J connectivity index is 2.06. The molecule has 0 aromatic heterocycles. The number of nitrogens with one attached hydrogen (secondary N) is 2. The molecule has 0 fully saturated rings. The van der Waals surface area contributed by atoms with Crippen molar-refractivity contribution in [3.8, 4) is 0 Å². The zero-order valence-corrected chi connectivity index (χ0v) is 16.5. The fourth-order valence-electron chi connectivity index (χ4n) is 2.67. The lowest BCUT2D eigenvalue weighted by Crippen LogP contribution is -2.53. The van der Waals surface area contributed by atoms with Crippen molar-refractivity contribution < 1.29 is 19.5 Å². The van der Waals surface area contributed by atoms with E-state index in [2.05, 4.69) is 10.6 Å². The number of aliphatic hydroxyl groups is 1. The Morgan fingerprint density at radius 3 is 2.36 bits per heavy atom. The molecule has 3 atom stereocenters. The first-order chi connectivity index (χ1) is 13.2. The van der Waals surface area contributed by atoms with Crippen LogP contribution in [0.1, 0.15) is 26.3 Å². The number of carbonyl (C=O) groups excluding carboxylic acids is 3. The van der Waals surface area contributed by atoms with E-state index >= 15 is 0 Å². The normalized spacial score (nSPS) is 18.9. The molecule has 1 aliphatic heterocycles. The number of rotatable bonds is 6. The Hall–Kier alpha value is -2.93. The van der Waals surface area contributed by atoms with Gasteiger partial charge >= 0.3 is 0 Å². The minimum Gasteiger partial charge on any atom is -0.383 e. The number of likely N-dealkylation sites (N-methyl/N-ethyl adjacent to an activating group) is 1. The van der Waals surface area contributed by atoms with Gasteiger partial charge in [-0.05, 0) is 24.0 Å². The molecular weight excluding hydrogens is 358 g/mol. The van der Waals surface area contributed by atoms with Crippen LogP contribution in [0.5, 0.6) is 0 Å². The van der Waals surface area contributed by atoms with Crippen LogP contribution < -0.4 is 10.6 Å². The Morgan fingerprint density at radius 1 is 1.11 bits per heavy atom. The van der Waals surface area contributed by atoms with Crippen LogP contribution in [0.3, 0.4) is 0 Å². The predicted octanol–water partition coefficient (Wildman–Crippen LogP) is 1.06. The Kier molecular flexibility index (Phi) is 7.12. The van der Waals surface area contributed by atoms with Crippen LogP contribution in [0.15, 0.2) is 48.7 Å². The molecule has 1 aliphatic rings. The molecule has 28 heavy (non-hydrogen) atoms. The van der Waals surface area contributed by atoms with Crippen molar-refractivity contribution in [2.24, 2.45) is 5.92 Å². The lowest BCUT2D eigenvalue weighted by molar-refractivity contribution is -0.136. The molecule has 0 saturated heterocycles. The minimum absolute atomic E-state index is 0.266. The summed E-state index contributed by atoms with van der Waals surface area (Å²) >= 11 is 0. The van der Waals surface area contributed by atoms with E-state index in [4.69, 9.17) is 0 Å². The first kappa shape index (κ1) is 21.4. The maximum Gasteiger partial charge on any atom is 0.252 e. The van der Waals surface area contributed by atoms with E-state index < -0.39 is 30.0 Å². The van der Waals surface area contributed by atoms with Crippen molar-refractivity contribution in [1.82, 2.24) is 15.5 Å². The maximum atomic E-state index is 12.6. The first-order valence-corrected chi connectivity index (χ1v) is 9.21. The van der Waals surface area contributed by atoms with Gasteiger partial charge in [0.2, 0.25) is 11.8 Å². The molecule has 3 amide bonds. The molecule has 7 heteroatoms. The minimum atomic E-state index is -1.20. The fourth-order valence-corrected chi connectivity index (χ4v) is 2.67. The standard InChI is InChI=1S/C21H27N3O4/c1-13(2)18(25)20(27)22-14(3)19(26)23-17-11-10-16(12-24(4)21(17)28)15-8-6-5-7-9-15/h5-14,17-18,25H,1-4H3,(H,22,27)(H,23,26). The predicted molar refractivity (Wildman–Crippen MR) is 107 cm³/mol. The molecule has 1 aromatic carbocycles. The molecule has 0 radical (unpaired) electrons. The molecule has 1 aromatic rings. The van der Waals surface area contributed by atoms with Crippen molar-refractivity contribution in [1.29, 1.82) is 0 Å². The molecule has 150 valence electrons. The number of hydrogen-bond donors (Lipinski definition) is 3. The second-order valence-corrected chi connectivity index (χ2v) is 7.16. The second-order valence-electron chi connectivity index (χ2n) is 7.16. The zero-order valence-electron chi connectivity index (χ0n) is 16.5. The van der Waals surface area contributed by atoms with Crippen molar-refractivity contribution in [2.75, 3.05) is 7.05 Å². The molecule has 1 heterocycles. The van der Waals surface area contributed by atoms with Gasteiger partial charge in [0.1, 0.15) is 18.2 Å². The van der Waals surface area contributed by atoms with Gasteiger partial charge in [-0.2, -0.15) is 0 Å². The highest BCUT2D eigenvalue weighted by molar-refractivity contribution is 5.95. The van der Waals surface area contributed by atoms with Crippen LogP contribution in [-0.4, -0.2) is 53.0 Å². The van der Waals surface area contributed by atoms with E-state index in [0.29, 0.717) is 0 Å². The van der Waals surface area contributed by atoms with Gasteiger partial charge in [0.25, 0.3) is 5.91 Å². The highest BCUT2D eigenvalue weighted by Crippen LogP contribution is 2.19. The van der Waals surface area contributed by atoms with E-state index in [1.54, 1.807) is 39.2 Å². The first-order valence-electron chi connectivity index (χ1n) is 9.21. The van der Waals surface area contributed by atoms with Crippen molar-refractivity contribution in [3.05, 3.63) is 54.2 Å². The maximum absolute atomic E-state index is 12.6. The highest BCUT2D eigenvalue weighted by Gasteiger charge is 2.27. The number of aliphatic hydroxyl groups excluding tert-OH is 1. The van der Waals surface area contributed by atoms with E-state index in [-0.39, 0.29) is 11.8 Å². The van der Waals surface area contributed by atoms with E-state index in [9.17, 15) is 19.5 Å². The summed E-state index contributed by atoms with van der Waals surface area (Å²) in [5.74, 6) is -1.69. The molecule has 3 N–H and O–H groups in total. The van der Waals surface area contributed by atoms with Crippen molar-refractivity contribution in [2.45, 2.75) is 39.0 Å². The van der Waals surface area contributed by atoms with Crippen molar-refractivity contribution in [3.63, 3.8) is 0 Å². The fraction of sp³-hybridized carbons (Fsp3) is 0.381. The van der Waals surface area contributed by atoms with Crippen LogP contribution in [0.4, 0.5) is 0 Å². The topological polar surface area (TPSA) is 98.7 Å². The summed E-state index contributed by atoms with van der Waals surface area (Å²) in [6.45, 7) is 4.91. The number of carbonyl (C=O) groups is 3. The third-order valence-electron chi connectivity index (χ3n) is 4.47. The smallest absolute Gasteiger partial charge is 0.252 e. The van der Waals surface area contributed by atoms with Gasteiger partial charge in [-0.3, -0.25) is 14.4 Å². The summed E-state index contributed by atoms with van der Waals surface area (Å²) < 4.78 is 0. The molecule has 7 nitrogen and oxygen atoms in total. The van der Waals surface area contributed by atoms with Crippen molar-refractivity contribution >= 4 is 23.3 Å². The lowest BCUT2D eigenvalue weighted by Gasteiger charge is -2.22. The van der Waals surface area contributed by atoms with Crippen LogP contribution in [-0.2, 0) is 14.4 Å². The average Bonchev–Trinajstić information content (AvgIpc) is 2.81. The molecule has 0 aliphatic carbocycles. The Labute approximate surface area is 165 Å². The quantitative estimate of drug-likeness (QED) is 0.682. The van der Waals surface area contributed by atoms with Gasteiger partial charge in [0.05, 0.1) is 0 Å². The van der Waals surface area contributed by atoms with Crippen LogP contribution in [0.25, 0.3) is 5.57 Å². The lowest BCUT2D eigenvalue weighted by atomic mass is 10.1. The number of allylic oxidation sites excluding steroid dienone is 2.